The SMILES string of the molecule is CCOC(=O)C(CCN(C)C)C(=O)O. The first-order valence-electron chi connectivity index (χ1n) is 4.53. The quantitative estimate of drug-likeness (QED) is 0.493. The molecule has 1 N–H and O–H groups in total. The van der Waals surface area contributed by atoms with Crippen LogP contribution in [0.25, 0.3) is 0 Å². The molecule has 1 atom stereocenters. The molecule has 5 heteroatoms. The van der Waals surface area contributed by atoms with Crippen molar-refractivity contribution in [3.05, 3.63) is 0 Å². The second-order valence-electron chi connectivity index (χ2n) is 3.23. The van der Waals surface area contributed by atoms with Gasteiger partial charge in [0, 0.05) is 0 Å². The van der Waals surface area contributed by atoms with Gasteiger partial charge in [0.05, 0.1) is 6.61 Å². The fourth-order valence-electron chi connectivity index (χ4n) is 0.972. The number of aliphatic carboxylic acids is 1. The number of rotatable bonds is 6. The van der Waals surface area contributed by atoms with Gasteiger partial charge in [0.15, 0.2) is 5.92 Å². The average Bonchev–Trinajstić information content (AvgIpc) is 2.03. The van der Waals surface area contributed by atoms with Crippen LogP contribution in [0.3, 0.4) is 0 Å². The van der Waals surface area contributed by atoms with Gasteiger partial charge in [0.2, 0.25) is 0 Å². The van der Waals surface area contributed by atoms with Crippen molar-refractivity contribution < 1.29 is 19.4 Å². The molecular formula is C9H17NO4. The van der Waals surface area contributed by atoms with Crippen LogP contribution < -0.4 is 0 Å². The van der Waals surface area contributed by atoms with Gasteiger partial charge >= 0.3 is 11.9 Å². The molecule has 14 heavy (non-hydrogen) atoms. The van der Waals surface area contributed by atoms with Gasteiger partial charge in [-0.2, -0.15) is 0 Å². The standard InChI is InChI=1S/C9H17NO4/c1-4-14-9(13)7(8(11)12)5-6-10(2)3/h7H,4-6H2,1-3H3,(H,11,12). The average molecular weight is 203 g/mol. The van der Waals surface area contributed by atoms with Crippen molar-refractivity contribution in [2.24, 2.45) is 5.92 Å². The van der Waals surface area contributed by atoms with Crippen LogP contribution in [-0.2, 0) is 14.3 Å². The highest BCUT2D eigenvalue weighted by Gasteiger charge is 2.27. The number of carbonyl (C=O) groups excluding carboxylic acids is 1. The van der Waals surface area contributed by atoms with Crippen LogP contribution in [0.1, 0.15) is 13.3 Å². The van der Waals surface area contributed by atoms with E-state index in [1.807, 2.05) is 19.0 Å². The monoisotopic (exact) mass is 203 g/mol. The highest BCUT2D eigenvalue weighted by Crippen LogP contribution is 2.06. The van der Waals surface area contributed by atoms with Gasteiger partial charge in [0.1, 0.15) is 0 Å². The Hall–Kier alpha value is -1.10. The van der Waals surface area contributed by atoms with Crippen molar-refractivity contribution in [2.45, 2.75) is 13.3 Å². The minimum atomic E-state index is -1.12. The van der Waals surface area contributed by atoms with Crippen LogP contribution in [0.2, 0.25) is 0 Å². The van der Waals surface area contributed by atoms with Gasteiger partial charge in [-0.15, -0.1) is 0 Å². The molecule has 0 radical (unpaired) electrons. The van der Waals surface area contributed by atoms with Crippen LogP contribution in [0.15, 0.2) is 0 Å². The normalized spacial score (nSPS) is 12.6. The summed E-state index contributed by atoms with van der Waals surface area (Å²) in [5.41, 5.74) is 0. The molecule has 0 aromatic carbocycles. The zero-order valence-corrected chi connectivity index (χ0v) is 8.82. The number of ether oxygens (including phenoxy) is 1. The summed E-state index contributed by atoms with van der Waals surface area (Å²) in [5.74, 6) is -2.82. The molecule has 5 nitrogen and oxygen atoms in total. The largest absolute Gasteiger partial charge is 0.481 e. The minimum absolute atomic E-state index is 0.213. The number of hydrogen-bond donors (Lipinski definition) is 1. The predicted octanol–water partition coefficient (Wildman–Crippen LogP) is 0.202. The van der Waals surface area contributed by atoms with Crippen molar-refractivity contribution in [1.82, 2.24) is 4.90 Å². The molecule has 0 spiro atoms. The number of carboxylic acids is 1. The lowest BCUT2D eigenvalue weighted by Gasteiger charge is -2.14. The second kappa shape index (κ2) is 6.37. The first-order valence-corrected chi connectivity index (χ1v) is 4.53. The van der Waals surface area contributed by atoms with Crippen LogP contribution in [0.4, 0.5) is 0 Å². The summed E-state index contributed by atoms with van der Waals surface area (Å²) in [6.45, 7) is 2.42. The van der Waals surface area contributed by atoms with E-state index in [-0.39, 0.29) is 13.0 Å². The van der Waals surface area contributed by atoms with Crippen molar-refractivity contribution in [3.63, 3.8) is 0 Å². The molecule has 0 aromatic heterocycles. The van der Waals surface area contributed by atoms with Crippen LogP contribution >= 0.6 is 0 Å². The Morgan fingerprint density at radius 1 is 1.43 bits per heavy atom. The zero-order chi connectivity index (χ0) is 11.1. The molecule has 0 aromatic rings. The maximum Gasteiger partial charge on any atom is 0.320 e. The first-order chi connectivity index (χ1) is 6.49. The smallest absolute Gasteiger partial charge is 0.320 e. The number of carboxylic acid groups (broad SMARTS) is 1. The third kappa shape index (κ3) is 4.81. The topological polar surface area (TPSA) is 66.8 Å². The van der Waals surface area contributed by atoms with E-state index in [9.17, 15) is 9.59 Å². The van der Waals surface area contributed by atoms with E-state index >= 15 is 0 Å². The first kappa shape index (κ1) is 12.9. The van der Waals surface area contributed by atoms with Crippen molar-refractivity contribution in [3.8, 4) is 0 Å². The Kier molecular flexibility index (Phi) is 5.87. The molecule has 0 aliphatic carbocycles. The van der Waals surface area contributed by atoms with Crippen molar-refractivity contribution >= 4 is 11.9 Å². The van der Waals surface area contributed by atoms with Crippen LogP contribution in [0.5, 0.6) is 0 Å². The van der Waals surface area contributed by atoms with Gasteiger partial charge in [-0.05, 0) is 34.0 Å². The van der Waals surface area contributed by atoms with E-state index in [1.54, 1.807) is 6.92 Å². The molecule has 82 valence electrons. The highest BCUT2D eigenvalue weighted by atomic mass is 16.5. The zero-order valence-electron chi connectivity index (χ0n) is 8.82. The molecule has 0 aliphatic rings. The maximum absolute atomic E-state index is 11.2. The molecule has 0 fully saturated rings. The van der Waals surface area contributed by atoms with Crippen LogP contribution in [0, 0.1) is 5.92 Å². The van der Waals surface area contributed by atoms with E-state index in [0.29, 0.717) is 6.54 Å². The summed E-state index contributed by atoms with van der Waals surface area (Å²) in [5, 5.41) is 8.76. The molecular weight excluding hydrogens is 186 g/mol. The number of esters is 1. The number of nitrogens with zero attached hydrogens (tertiary/aromatic N) is 1. The number of hydrogen-bond acceptors (Lipinski definition) is 4. The lowest BCUT2D eigenvalue weighted by atomic mass is 10.1. The Morgan fingerprint density at radius 3 is 2.36 bits per heavy atom. The molecule has 0 rings (SSSR count). The summed E-state index contributed by atoms with van der Waals surface area (Å²) in [4.78, 5) is 23.7. The van der Waals surface area contributed by atoms with Gasteiger partial charge in [-0.1, -0.05) is 0 Å². The van der Waals surface area contributed by atoms with E-state index in [2.05, 4.69) is 4.74 Å². The molecule has 1 unspecified atom stereocenters. The molecule has 0 heterocycles. The summed E-state index contributed by atoms with van der Waals surface area (Å²) >= 11 is 0. The minimum Gasteiger partial charge on any atom is -0.481 e. The van der Waals surface area contributed by atoms with E-state index in [1.165, 1.54) is 0 Å². The summed E-state index contributed by atoms with van der Waals surface area (Å²) in [7, 11) is 3.65. The van der Waals surface area contributed by atoms with E-state index in [4.69, 9.17) is 5.11 Å². The Morgan fingerprint density at radius 2 is 2.00 bits per heavy atom. The van der Waals surface area contributed by atoms with E-state index in [0.717, 1.165) is 0 Å². The third-order valence-corrected chi connectivity index (χ3v) is 1.73. The van der Waals surface area contributed by atoms with Gasteiger partial charge < -0.3 is 14.7 Å². The second-order valence-corrected chi connectivity index (χ2v) is 3.23. The Balaban J connectivity index is 4.15. The lowest BCUT2D eigenvalue weighted by molar-refractivity contribution is -0.158. The molecule has 0 aliphatic heterocycles. The van der Waals surface area contributed by atoms with Gasteiger partial charge in [0.25, 0.3) is 0 Å². The van der Waals surface area contributed by atoms with E-state index < -0.39 is 17.9 Å². The lowest BCUT2D eigenvalue weighted by Crippen LogP contribution is -2.29. The van der Waals surface area contributed by atoms with Crippen molar-refractivity contribution in [1.29, 1.82) is 0 Å². The van der Waals surface area contributed by atoms with Gasteiger partial charge in [-0.3, -0.25) is 9.59 Å². The maximum atomic E-state index is 11.2. The number of carbonyl (C=O) groups is 2. The highest BCUT2D eigenvalue weighted by molar-refractivity contribution is 5.93. The summed E-state index contributed by atoms with van der Waals surface area (Å²) < 4.78 is 4.66. The van der Waals surface area contributed by atoms with Crippen molar-refractivity contribution in [2.75, 3.05) is 27.2 Å². The Bertz CT molecular complexity index is 203. The molecule has 0 saturated carbocycles. The summed E-state index contributed by atoms with van der Waals surface area (Å²) in [6.07, 6.45) is 0.279. The fraction of sp³-hybridized carbons (Fsp3) is 0.778. The Labute approximate surface area is 83.6 Å². The molecule has 0 bridgehead atoms. The molecule has 0 saturated heterocycles. The van der Waals surface area contributed by atoms with Crippen LogP contribution in [-0.4, -0.2) is 49.2 Å². The predicted molar refractivity (Wildman–Crippen MR) is 50.9 cm³/mol. The third-order valence-electron chi connectivity index (χ3n) is 1.73. The molecule has 0 amide bonds. The fourth-order valence-corrected chi connectivity index (χ4v) is 0.972. The summed E-state index contributed by atoms with van der Waals surface area (Å²) in [6, 6.07) is 0. The van der Waals surface area contributed by atoms with Gasteiger partial charge in [-0.25, -0.2) is 0 Å².